The molecule has 1 aliphatic carbocycles. The highest BCUT2D eigenvalue weighted by atomic mass is 35.5. The molecule has 7 nitrogen and oxygen atoms in total. The molecule has 0 radical (unpaired) electrons. The molecule has 2 bridgehead atoms. The molecule has 5 atom stereocenters. The molecule has 5 unspecified atom stereocenters. The maximum atomic E-state index is 13.2. The van der Waals surface area contributed by atoms with Crippen molar-refractivity contribution < 1.29 is 24.2 Å². The first-order valence-corrected chi connectivity index (χ1v) is 15.6. The van der Waals surface area contributed by atoms with Gasteiger partial charge in [0.1, 0.15) is 5.75 Å². The highest BCUT2D eigenvalue weighted by Crippen LogP contribution is 2.43. The average molecular weight is 595 g/mol. The van der Waals surface area contributed by atoms with E-state index in [1.807, 2.05) is 36.4 Å². The SMILES string of the molecule is CCCc1cc(Cl)ccc1C1COc2ccc3cc2N(C1)CC1CCC1C(O)/C=C/CCN(C)C(=O)CC3C(=O)OC. The summed E-state index contributed by atoms with van der Waals surface area (Å²) in [5, 5.41) is 11.8. The number of aliphatic hydroxyl groups excluding tert-OH is 1. The molecule has 8 heteroatoms. The number of halogens is 1. The van der Waals surface area contributed by atoms with Gasteiger partial charge in [0.15, 0.2) is 0 Å². The van der Waals surface area contributed by atoms with Crippen molar-refractivity contribution in [2.24, 2.45) is 11.8 Å². The number of carbonyl (C=O) groups is 2. The summed E-state index contributed by atoms with van der Waals surface area (Å²) < 4.78 is 11.6. The van der Waals surface area contributed by atoms with E-state index >= 15 is 0 Å². The number of rotatable bonds is 4. The van der Waals surface area contributed by atoms with Crippen molar-refractivity contribution in [2.75, 3.05) is 45.3 Å². The first-order valence-electron chi connectivity index (χ1n) is 15.3. The van der Waals surface area contributed by atoms with Crippen LogP contribution in [0.15, 0.2) is 48.6 Å². The molecular weight excluding hydrogens is 552 g/mol. The number of aryl methyl sites for hydroxylation is 1. The van der Waals surface area contributed by atoms with Gasteiger partial charge in [-0.25, -0.2) is 0 Å². The average Bonchev–Trinajstić information content (AvgIpc) is 3.14. The number of hydrogen-bond donors (Lipinski definition) is 1. The van der Waals surface area contributed by atoms with E-state index in [0.29, 0.717) is 25.5 Å². The van der Waals surface area contributed by atoms with Crippen molar-refractivity contribution in [3.05, 3.63) is 70.3 Å². The lowest BCUT2D eigenvalue weighted by Crippen LogP contribution is -2.44. The molecule has 2 aliphatic heterocycles. The second kappa shape index (κ2) is 13.5. The number of anilines is 1. The maximum absolute atomic E-state index is 13.2. The maximum Gasteiger partial charge on any atom is 0.313 e. The Morgan fingerprint density at radius 3 is 2.74 bits per heavy atom. The zero-order chi connectivity index (χ0) is 29.8. The molecule has 1 N–H and O–H groups in total. The summed E-state index contributed by atoms with van der Waals surface area (Å²) in [5.74, 6) is 0.108. The van der Waals surface area contributed by atoms with Crippen molar-refractivity contribution in [2.45, 2.75) is 63.4 Å². The molecule has 2 heterocycles. The van der Waals surface area contributed by atoms with Crippen LogP contribution in [0.1, 0.15) is 67.6 Å². The van der Waals surface area contributed by atoms with E-state index in [-0.39, 0.29) is 24.2 Å². The van der Waals surface area contributed by atoms with Gasteiger partial charge in [-0.3, -0.25) is 9.59 Å². The van der Waals surface area contributed by atoms with E-state index in [0.717, 1.165) is 60.8 Å². The van der Waals surface area contributed by atoms with Gasteiger partial charge in [-0.15, -0.1) is 0 Å². The van der Waals surface area contributed by atoms with Gasteiger partial charge < -0.3 is 24.4 Å². The molecule has 1 fully saturated rings. The number of esters is 1. The summed E-state index contributed by atoms with van der Waals surface area (Å²) >= 11 is 6.40. The normalized spacial score (nSPS) is 27.3. The van der Waals surface area contributed by atoms with Gasteiger partial charge in [0, 0.05) is 44.0 Å². The lowest BCUT2D eigenvalue weighted by Gasteiger charge is -2.42. The quantitative estimate of drug-likeness (QED) is 0.360. The number of carbonyl (C=O) groups excluding carboxylic acids is 2. The second-order valence-corrected chi connectivity index (χ2v) is 12.5. The number of hydrogen-bond acceptors (Lipinski definition) is 6. The first kappa shape index (κ1) is 30.4. The van der Waals surface area contributed by atoms with Crippen LogP contribution in [0.4, 0.5) is 5.69 Å². The number of aliphatic hydroxyl groups is 1. The van der Waals surface area contributed by atoms with Crippen LogP contribution in [-0.2, 0) is 20.7 Å². The highest BCUT2D eigenvalue weighted by Gasteiger charge is 2.38. The van der Waals surface area contributed by atoms with Crippen molar-refractivity contribution in [1.82, 2.24) is 4.90 Å². The van der Waals surface area contributed by atoms with Crippen LogP contribution in [0.3, 0.4) is 0 Å². The summed E-state index contributed by atoms with van der Waals surface area (Å²) in [6.07, 6.45) is 8.01. The van der Waals surface area contributed by atoms with Crippen molar-refractivity contribution in [3.63, 3.8) is 0 Å². The second-order valence-electron chi connectivity index (χ2n) is 12.0. The van der Waals surface area contributed by atoms with E-state index in [2.05, 4.69) is 24.0 Å². The molecule has 42 heavy (non-hydrogen) atoms. The number of methoxy groups -OCH3 is 1. The molecular formula is C34H43ClN2O5. The van der Waals surface area contributed by atoms with E-state index in [9.17, 15) is 14.7 Å². The fourth-order valence-electron chi connectivity index (χ4n) is 6.68. The third-order valence-electron chi connectivity index (χ3n) is 9.30. The largest absolute Gasteiger partial charge is 0.491 e. The molecule has 1 saturated carbocycles. The van der Waals surface area contributed by atoms with Crippen molar-refractivity contribution in [3.8, 4) is 5.75 Å². The Kier molecular flexibility index (Phi) is 9.79. The Morgan fingerprint density at radius 1 is 1.17 bits per heavy atom. The standard InChI is InChI=1S/C34H43ClN2O5/c1-4-7-22-16-26(35)11-13-27(22)25-20-37-19-24-9-12-28(24)31(38)8-5-6-15-36(2)33(39)18-29(34(40)41-3)23-10-14-32(42-21-25)30(37)17-23/h5,8,10-11,13-14,16-17,24-25,28-29,31,38H,4,6-7,9,12,15,18-21H2,1-3H3/b8-5+. The smallest absolute Gasteiger partial charge is 0.313 e. The summed E-state index contributed by atoms with van der Waals surface area (Å²) in [4.78, 5) is 30.2. The fourth-order valence-corrected chi connectivity index (χ4v) is 6.88. The minimum Gasteiger partial charge on any atom is -0.491 e. The third-order valence-corrected chi connectivity index (χ3v) is 9.53. The van der Waals surface area contributed by atoms with Crippen LogP contribution < -0.4 is 9.64 Å². The van der Waals surface area contributed by atoms with E-state index in [1.54, 1.807) is 11.9 Å². The van der Waals surface area contributed by atoms with E-state index in [4.69, 9.17) is 21.1 Å². The zero-order valence-corrected chi connectivity index (χ0v) is 25.7. The van der Waals surface area contributed by atoms with Gasteiger partial charge in [0.05, 0.1) is 31.4 Å². The number of fused-ring (bicyclic) bond motifs is 2. The summed E-state index contributed by atoms with van der Waals surface area (Å²) in [6.45, 7) is 4.71. The van der Waals surface area contributed by atoms with Crippen LogP contribution in [0.5, 0.6) is 5.75 Å². The Balaban J connectivity index is 1.56. The monoisotopic (exact) mass is 594 g/mol. The van der Waals surface area contributed by atoms with Crippen LogP contribution in [0.2, 0.25) is 5.02 Å². The van der Waals surface area contributed by atoms with Gasteiger partial charge in [-0.05, 0) is 78.5 Å². The van der Waals surface area contributed by atoms with Crippen LogP contribution in [-0.4, -0.2) is 68.4 Å². The minimum atomic E-state index is -0.717. The summed E-state index contributed by atoms with van der Waals surface area (Å²) in [5.41, 5.74) is 4.15. The van der Waals surface area contributed by atoms with E-state index in [1.165, 1.54) is 18.2 Å². The van der Waals surface area contributed by atoms with Gasteiger partial charge >= 0.3 is 5.97 Å². The molecule has 226 valence electrons. The molecule has 0 spiro atoms. The Labute approximate surface area is 254 Å². The lowest BCUT2D eigenvalue weighted by atomic mass is 9.70. The number of amides is 1. The first-order chi connectivity index (χ1) is 20.3. The molecule has 2 aromatic rings. The fraction of sp³-hybridized carbons (Fsp3) is 0.529. The topological polar surface area (TPSA) is 79.3 Å². The number of nitrogens with zero attached hydrogens (tertiary/aromatic N) is 2. The molecule has 0 aromatic heterocycles. The summed E-state index contributed by atoms with van der Waals surface area (Å²) in [6, 6.07) is 12.0. The van der Waals surface area contributed by atoms with Crippen molar-refractivity contribution >= 4 is 29.2 Å². The van der Waals surface area contributed by atoms with E-state index < -0.39 is 18.0 Å². The lowest BCUT2D eigenvalue weighted by molar-refractivity contribution is -0.145. The Morgan fingerprint density at radius 2 is 2.00 bits per heavy atom. The molecule has 0 saturated heterocycles. The van der Waals surface area contributed by atoms with Crippen LogP contribution in [0, 0.1) is 11.8 Å². The number of ether oxygens (including phenoxy) is 2. The molecule has 2 aromatic carbocycles. The molecule has 3 aliphatic rings. The number of benzene rings is 2. The zero-order valence-electron chi connectivity index (χ0n) is 24.9. The van der Waals surface area contributed by atoms with Gasteiger partial charge in [0.25, 0.3) is 0 Å². The summed E-state index contributed by atoms with van der Waals surface area (Å²) in [7, 11) is 3.12. The van der Waals surface area contributed by atoms with Gasteiger partial charge in [0.2, 0.25) is 5.91 Å². The Bertz CT molecular complexity index is 1310. The van der Waals surface area contributed by atoms with Crippen LogP contribution >= 0.6 is 11.6 Å². The molecule has 5 rings (SSSR count). The van der Waals surface area contributed by atoms with Crippen LogP contribution in [0.25, 0.3) is 0 Å². The van der Waals surface area contributed by atoms with Crippen molar-refractivity contribution in [1.29, 1.82) is 0 Å². The molecule has 1 amide bonds. The third kappa shape index (κ3) is 6.63. The van der Waals surface area contributed by atoms with Gasteiger partial charge in [-0.1, -0.05) is 49.2 Å². The predicted octanol–water partition coefficient (Wildman–Crippen LogP) is 5.73. The van der Waals surface area contributed by atoms with Gasteiger partial charge in [-0.2, -0.15) is 0 Å². The Hall–Kier alpha value is -3.03. The minimum absolute atomic E-state index is 0.0215. The predicted molar refractivity (Wildman–Crippen MR) is 165 cm³/mol. The highest BCUT2D eigenvalue weighted by molar-refractivity contribution is 6.30.